The van der Waals surface area contributed by atoms with Gasteiger partial charge in [-0.05, 0) is 37.0 Å². The minimum Gasteiger partial charge on any atom is -0.507 e. The van der Waals surface area contributed by atoms with Gasteiger partial charge in [-0.2, -0.15) is 0 Å². The van der Waals surface area contributed by atoms with Crippen LogP contribution < -0.4 is 0 Å². The number of hydrogen-bond acceptors (Lipinski definition) is 3. The summed E-state index contributed by atoms with van der Waals surface area (Å²) in [4.78, 5) is 24.7. The highest BCUT2D eigenvalue weighted by Crippen LogP contribution is 2.26. The third-order valence-electron chi connectivity index (χ3n) is 3.46. The maximum atomic E-state index is 12.3. The van der Waals surface area contributed by atoms with Gasteiger partial charge in [-0.15, -0.1) is 0 Å². The number of rotatable bonds is 3. The predicted molar refractivity (Wildman–Crippen MR) is 74.0 cm³/mol. The van der Waals surface area contributed by atoms with E-state index in [9.17, 15) is 14.7 Å². The predicted octanol–water partition coefficient (Wildman–Crippen LogP) is 2.37. The molecule has 1 unspecified atom stereocenters. The van der Waals surface area contributed by atoms with E-state index < -0.39 is 5.97 Å². The number of amides is 1. The number of carboxylic acid groups (broad SMARTS) is 1. The van der Waals surface area contributed by atoms with Crippen molar-refractivity contribution in [2.75, 3.05) is 13.1 Å². The summed E-state index contributed by atoms with van der Waals surface area (Å²) in [5, 5.41) is 19.0. The number of aliphatic carboxylic acids is 1. The average Bonchev–Trinajstić information content (AvgIpc) is 2.37. The van der Waals surface area contributed by atoms with Crippen LogP contribution >= 0.6 is 11.6 Å². The highest BCUT2D eigenvalue weighted by molar-refractivity contribution is 6.30. The number of hydrogen-bond donors (Lipinski definition) is 2. The van der Waals surface area contributed by atoms with Crippen molar-refractivity contribution < 1.29 is 19.8 Å². The first-order valence-electron chi connectivity index (χ1n) is 6.47. The Labute approximate surface area is 121 Å². The summed E-state index contributed by atoms with van der Waals surface area (Å²) in [6.07, 6.45) is 1.65. The largest absolute Gasteiger partial charge is 0.507 e. The SMILES string of the molecule is O=C(O)CC1CCCN(C(=O)c2ccc(Cl)cc2O)C1. The highest BCUT2D eigenvalue weighted by Gasteiger charge is 2.27. The molecule has 1 amide bonds. The number of benzene rings is 1. The highest BCUT2D eigenvalue weighted by atomic mass is 35.5. The second-order valence-electron chi connectivity index (χ2n) is 5.02. The van der Waals surface area contributed by atoms with Crippen LogP contribution in [0.15, 0.2) is 18.2 Å². The quantitative estimate of drug-likeness (QED) is 0.898. The van der Waals surface area contributed by atoms with Gasteiger partial charge >= 0.3 is 5.97 Å². The van der Waals surface area contributed by atoms with Crippen LogP contribution in [0.25, 0.3) is 0 Å². The molecule has 1 aliphatic heterocycles. The van der Waals surface area contributed by atoms with Gasteiger partial charge in [0.2, 0.25) is 0 Å². The summed E-state index contributed by atoms with van der Waals surface area (Å²) < 4.78 is 0. The number of nitrogens with zero attached hydrogens (tertiary/aromatic N) is 1. The molecule has 0 spiro atoms. The van der Waals surface area contributed by atoms with E-state index >= 15 is 0 Å². The molecule has 6 heteroatoms. The number of carbonyl (C=O) groups is 2. The molecule has 2 N–H and O–H groups in total. The lowest BCUT2D eigenvalue weighted by atomic mass is 9.94. The van der Waals surface area contributed by atoms with E-state index in [4.69, 9.17) is 16.7 Å². The Kier molecular flexibility index (Phi) is 4.49. The van der Waals surface area contributed by atoms with E-state index in [1.165, 1.54) is 12.1 Å². The summed E-state index contributed by atoms with van der Waals surface area (Å²) in [7, 11) is 0. The number of piperidine rings is 1. The Bertz CT molecular complexity index is 532. The van der Waals surface area contributed by atoms with Gasteiger partial charge < -0.3 is 15.1 Å². The normalized spacial score (nSPS) is 18.9. The first kappa shape index (κ1) is 14.7. The lowest BCUT2D eigenvalue weighted by Gasteiger charge is -2.32. The van der Waals surface area contributed by atoms with Gasteiger partial charge in [0.1, 0.15) is 5.75 Å². The molecule has 0 aliphatic carbocycles. The standard InChI is InChI=1S/C14H16ClNO4/c15-10-3-4-11(12(17)7-10)14(20)16-5-1-2-9(8-16)6-13(18)19/h3-4,7,9,17H,1-2,5-6,8H2,(H,18,19). The smallest absolute Gasteiger partial charge is 0.303 e. The molecule has 1 fully saturated rings. The Balaban J connectivity index is 2.10. The molecule has 2 rings (SSSR count). The Morgan fingerprint density at radius 3 is 2.80 bits per heavy atom. The molecule has 5 nitrogen and oxygen atoms in total. The first-order valence-corrected chi connectivity index (χ1v) is 6.84. The minimum atomic E-state index is -0.848. The van der Waals surface area contributed by atoms with Crippen molar-refractivity contribution in [2.24, 2.45) is 5.92 Å². The number of phenols is 1. The van der Waals surface area contributed by atoms with Gasteiger partial charge in [0.05, 0.1) is 5.56 Å². The molecule has 1 aromatic carbocycles. The molecule has 0 bridgehead atoms. The number of carboxylic acids is 1. The average molecular weight is 298 g/mol. The van der Waals surface area contributed by atoms with Crippen molar-refractivity contribution in [1.82, 2.24) is 4.90 Å². The lowest BCUT2D eigenvalue weighted by molar-refractivity contribution is -0.138. The second kappa shape index (κ2) is 6.13. The zero-order valence-corrected chi connectivity index (χ0v) is 11.6. The van der Waals surface area contributed by atoms with Crippen LogP contribution in [0.3, 0.4) is 0 Å². The van der Waals surface area contributed by atoms with Crippen LogP contribution in [0.2, 0.25) is 5.02 Å². The Morgan fingerprint density at radius 2 is 2.15 bits per heavy atom. The molecule has 1 saturated heterocycles. The lowest BCUT2D eigenvalue weighted by Crippen LogP contribution is -2.40. The van der Waals surface area contributed by atoms with Crippen LogP contribution in [0.4, 0.5) is 0 Å². The third-order valence-corrected chi connectivity index (χ3v) is 3.69. The molecular weight excluding hydrogens is 282 g/mol. The van der Waals surface area contributed by atoms with Crippen LogP contribution in [0.1, 0.15) is 29.6 Å². The fourth-order valence-electron chi connectivity index (χ4n) is 2.52. The van der Waals surface area contributed by atoms with Crippen LogP contribution in [0, 0.1) is 5.92 Å². The molecule has 1 aromatic rings. The Hall–Kier alpha value is -1.75. The molecule has 0 aromatic heterocycles. The number of halogens is 1. The van der Waals surface area contributed by atoms with E-state index in [-0.39, 0.29) is 29.6 Å². The zero-order chi connectivity index (χ0) is 14.7. The van der Waals surface area contributed by atoms with Crippen LogP contribution in [0.5, 0.6) is 5.75 Å². The molecule has 1 heterocycles. The van der Waals surface area contributed by atoms with E-state index in [2.05, 4.69) is 0 Å². The summed E-state index contributed by atoms with van der Waals surface area (Å²) in [5.74, 6) is -1.31. The molecule has 108 valence electrons. The molecular formula is C14H16ClNO4. The van der Waals surface area contributed by atoms with E-state index in [1.807, 2.05) is 0 Å². The van der Waals surface area contributed by atoms with Crippen molar-refractivity contribution in [2.45, 2.75) is 19.3 Å². The van der Waals surface area contributed by atoms with Gasteiger partial charge in [0, 0.05) is 24.5 Å². The van der Waals surface area contributed by atoms with Crippen molar-refractivity contribution in [1.29, 1.82) is 0 Å². The molecule has 1 atom stereocenters. The van der Waals surface area contributed by atoms with E-state index in [0.717, 1.165) is 12.8 Å². The maximum Gasteiger partial charge on any atom is 0.303 e. The fraction of sp³-hybridized carbons (Fsp3) is 0.429. The number of aromatic hydroxyl groups is 1. The third kappa shape index (κ3) is 3.42. The summed E-state index contributed by atoms with van der Waals surface area (Å²) in [6, 6.07) is 4.36. The van der Waals surface area contributed by atoms with E-state index in [0.29, 0.717) is 18.1 Å². The van der Waals surface area contributed by atoms with Crippen molar-refractivity contribution in [3.63, 3.8) is 0 Å². The first-order chi connectivity index (χ1) is 9.47. The van der Waals surface area contributed by atoms with Gasteiger partial charge in [-0.25, -0.2) is 0 Å². The van der Waals surface area contributed by atoms with Crippen molar-refractivity contribution in [3.05, 3.63) is 28.8 Å². The van der Waals surface area contributed by atoms with Gasteiger partial charge in [0.25, 0.3) is 5.91 Å². The minimum absolute atomic E-state index is 0.0281. The van der Waals surface area contributed by atoms with Crippen LogP contribution in [-0.2, 0) is 4.79 Å². The molecule has 20 heavy (non-hydrogen) atoms. The number of phenolic OH excluding ortho intramolecular Hbond substituents is 1. The van der Waals surface area contributed by atoms with Gasteiger partial charge in [-0.1, -0.05) is 11.6 Å². The molecule has 1 aliphatic rings. The molecule has 0 radical (unpaired) electrons. The summed E-state index contributed by atoms with van der Waals surface area (Å²) in [6.45, 7) is 0.990. The second-order valence-corrected chi connectivity index (χ2v) is 5.46. The van der Waals surface area contributed by atoms with Crippen molar-refractivity contribution in [3.8, 4) is 5.75 Å². The zero-order valence-electron chi connectivity index (χ0n) is 10.9. The topological polar surface area (TPSA) is 77.8 Å². The van der Waals surface area contributed by atoms with Gasteiger partial charge in [-0.3, -0.25) is 9.59 Å². The Morgan fingerprint density at radius 1 is 1.40 bits per heavy atom. The van der Waals surface area contributed by atoms with Gasteiger partial charge in [0.15, 0.2) is 0 Å². The number of carbonyl (C=O) groups excluding carboxylic acids is 1. The monoisotopic (exact) mass is 297 g/mol. The molecule has 0 saturated carbocycles. The van der Waals surface area contributed by atoms with Crippen molar-refractivity contribution >= 4 is 23.5 Å². The summed E-state index contributed by atoms with van der Waals surface area (Å²) >= 11 is 5.74. The number of likely N-dealkylation sites (tertiary alicyclic amines) is 1. The summed E-state index contributed by atoms with van der Waals surface area (Å²) in [5.41, 5.74) is 0.199. The van der Waals surface area contributed by atoms with E-state index in [1.54, 1.807) is 11.0 Å². The maximum absolute atomic E-state index is 12.3. The fourth-order valence-corrected chi connectivity index (χ4v) is 2.69. The van der Waals surface area contributed by atoms with Crippen LogP contribution in [-0.4, -0.2) is 40.1 Å².